The third-order valence-corrected chi connectivity index (χ3v) is 2.56. The van der Waals surface area contributed by atoms with E-state index in [2.05, 4.69) is 0 Å². The fourth-order valence-electron chi connectivity index (χ4n) is 1.68. The van der Waals surface area contributed by atoms with Gasteiger partial charge in [-0.15, -0.1) is 0 Å². The van der Waals surface area contributed by atoms with Crippen LogP contribution in [0, 0.1) is 0 Å². The first-order valence-electron chi connectivity index (χ1n) is 5.69. The van der Waals surface area contributed by atoms with Gasteiger partial charge < -0.3 is 0 Å². The van der Waals surface area contributed by atoms with Crippen molar-refractivity contribution in [2.45, 2.75) is 0 Å². The Bertz CT molecular complexity index is 570. The van der Waals surface area contributed by atoms with Crippen LogP contribution in [0.25, 0.3) is 0 Å². The van der Waals surface area contributed by atoms with Gasteiger partial charge in [-0.2, -0.15) is 0 Å². The Kier molecular flexibility index (Phi) is 3.90. The molecule has 0 radical (unpaired) electrons. The van der Waals surface area contributed by atoms with Gasteiger partial charge in [0.05, 0.1) is 5.69 Å². The number of hydrogen-bond donors (Lipinski definition) is 2. The molecule has 19 heavy (non-hydrogen) atoms. The molecule has 5 nitrogen and oxygen atoms in total. The minimum absolute atomic E-state index is 0.412. The number of urea groups is 1. The number of benzene rings is 2. The standard InChI is InChI=1S/C14H13N3O2/c15-16-14(19)17(12-9-5-2-6-10-12)13(18)11-7-3-1-4-8-11/h1-10H,15H2,(H,16,19). The SMILES string of the molecule is NNC(=O)N(C(=O)c1ccccc1)c1ccccc1. The van der Waals surface area contributed by atoms with Crippen LogP contribution in [0.1, 0.15) is 10.4 Å². The Hall–Kier alpha value is -2.66. The van der Waals surface area contributed by atoms with E-state index < -0.39 is 11.9 Å². The van der Waals surface area contributed by atoms with Gasteiger partial charge in [-0.25, -0.2) is 15.5 Å². The van der Waals surface area contributed by atoms with Crippen LogP contribution in [-0.4, -0.2) is 11.9 Å². The quantitative estimate of drug-likeness (QED) is 0.489. The summed E-state index contributed by atoms with van der Waals surface area (Å²) in [4.78, 5) is 25.1. The molecule has 0 spiro atoms. The lowest BCUT2D eigenvalue weighted by atomic mass is 10.2. The number of hydrazine groups is 1. The molecule has 0 aliphatic rings. The topological polar surface area (TPSA) is 75.4 Å². The monoisotopic (exact) mass is 255 g/mol. The van der Waals surface area contributed by atoms with Gasteiger partial charge in [0.25, 0.3) is 5.91 Å². The van der Waals surface area contributed by atoms with Crippen molar-refractivity contribution in [2.75, 3.05) is 4.90 Å². The van der Waals surface area contributed by atoms with Gasteiger partial charge in [0.2, 0.25) is 0 Å². The number of nitrogens with one attached hydrogen (secondary N) is 1. The van der Waals surface area contributed by atoms with E-state index in [1.165, 1.54) is 0 Å². The molecule has 3 N–H and O–H groups in total. The number of amides is 3. The zero-order valence-electron chi connectivity index (χ0n) is 10.1. The van der Waals surface area contributed by atoms with E-state index in [1.807, 2.05) is 5.43 Å². The van der Waals surface area contributed by atoms with E-state index in [4.69, 9.17) is 5.84 Å². The minimum atomic E-state index is -0.681. The van der Waals surface area contributed by atoms with Crippen LogP contribution in [0.5, 0.6) is 0 Å². The maximum absolute atomic E-state index is 12.4. The first-order chi connectivity index (χ1) is 9.24. The van der Waals surface area contributed by atoms with Gasteiger partial charge >= 0.3 is 6.03 Å². The Morgan fingerprint density at radius 2 is 1.42 bits per heavy atom. The molecule has 0 heterocycles. The number of anilines is 1. The van der Waals surface area contributed by atoms with Gasteiger partial charge in [0.15, 0.2) is 0 Å². The molecule has 0 saturated heterocycles. The number of carbonyl (C=O) groups excluding carboxylic acids is 2. The highest BCUT2D eigenvalue weighted by atomic mass is 16.2. The van der Waals surface area contributed by atoms with E-state index in [9.17, 15) is 9.59 Å². The number of hydrogen-bond acceptors (Lipinski definition) is 3. The molecule has 0 fully saturated rings. The summed E-state index contributed by atoms with van der Waals surface area (Å²) in [5.41, 5.74) is 2.85. The summed E-state index contributed by atoms with van der Waals surface area (Å²) in [6.45, 7) is 0. The van der Waals surface area contributed by atoms with Crippen molar-refractivity contribution in [3.8, 4) is 0 Å². The number of nitrogens with zero attached hydrogens (tertiary/aromatic N) is 1. The highest BCUT2D eigenvalue weighted by Crippen LogP contribution is 2.16. The van der Waals surface area contributed by atoms with Gasteiger partial charge in [-0.05, 0) is 24.3 Å². The number of carbonyl (C=O) groups is 2. The highest BCUT2D eigenvalue weighted by Gasteiger charge is 2.23. The number of nitrogens with two attached hydrogens (primary N) is 1. The summed E-state index contributed by atoms with van der Waals surface area (Å²) in [6, 6.07) is 16.5. The molecule has 96 valence electrons. The Labute approximate surface area is 110 Å². The van der Waals surface area contributed by atoms with E-state index in [-0.39, 0.29) is 0 Å². The van der Waals surface area contributed by atoms with Crippen LogP contribution >= 0.6 is 0 Å². The largest absolute Gasteiger partial charge is 0.343 e. The van der Waals surface area contributed by atoms with Crippen molar-refractivity contribution in [3.63, 3.8) is 0 Å². The summed E-state index contributed by atoms with van der Waals surface area (Å²) in [5, 5.41) is 0. The maximum Gasteiger partial charge on any atom is 0.343 e. The lowest BCUT2D eigenvalue weighted by molar-refractivity contribution is 0.0993. The lowest BCUT2D eigenvalue weighted by Crippen LogP contribution is -2.46. The third-order valence-electron chi connectivity index (χ3n) is 2.56. The Morgan fingerprint density at radius 1 is 0.895 bits per heavy atom. The van der Waals surface area contributed by atoms with Crippen LogP contribution in [0.15, 0.2) is 60.7 Å². The van der Waals surface area contributed by atoms with Crippen LogP contribution in [0.2, 0.25) is 0 Å². The number of imide groups is 1. The van der Waals surface area contributed by atoms with Gasteiger partial charge in [-0.3, -0.25) is 10.2 Å². The molecule has 5 heteroatoms. The average Bonchev–Trinajstić information content (AvgIpc) is 2.49. The second-order valence-corrected chi connectivity index (χ2v) is 3.79. The molecule has 0 aliphatic carbocycles. The fraction of sp³-hybridized carbons (Fsp3) is 0. The number of rotatable bonds is 2. The van der Waals surface area contributed by atoms with E-state index in [0.29, 0.717) is 11.3 Å². The molecular weight excluding hydrogens is 242 g/mol. The van der Waals surface area contributed by atoms with Crippen LogP contribution in [-0.2, 0) is 0 Å². The minimum Gasteiger partial charge on any atom is -0.275 e. The second kappa shape index (κ2) is 5.79. The molecule has 0 saturated carbocycles. The molecule has 2 aromatic carbocycles. The van der Waals surface area contributed by atoms with Gasteiger partial charge in [0, 0.05) is 5.56 Å². The molecule has 0 aromatic heterocycles. The van der Waals surface area contributed by atoms with E-state index >= 15 is 0 Å². The zero-order valence-corrected chi connectivity index (χ0v) is 10.1. The predicted octanol–water partition coefficient (Wildman–Crippen LogP) is 1.92. The zero-order chi connectivity index (χ0) is 13.7. The predicted molar refractivity (Wildman–Crippen MR) is 72.4 cm³/mol. The van der Waals surface area contributed by atoms with Crippen molar-refractivity contribution in [1.29, 1.82) is 0 Å². The van der Waals surface area contributed by atoms with E-state index in [1.54, 1.807) is 60.7 Å². The summed E-state index contributed by atoms with van der Waals surface area (Å²) < 4.78 is 0. The fourth-order valence-corrected chi connectivity index (χ4v) is 1.68. The van der Waals surface area contributed by atoms with Crippen LogP contribution in [0.3, 0.4) is 0 Å². The molecule has 2 rings (SSSR count). The van der Waals surface area contributed by atoms with Crippen molar-refractivity contribution in [1.82, 2.24) is 5.43 Å². The summed E-state index contributed by atoms with van der Waals surface area (Å²) >= 11 is 0. The summed E-state index contributed by atoms with van der Waals surface area (Å²) in [7, 11) is 0. The first kappa shape index (κ1) is 12.8. The first-order valence-corrected chi connectivity index (χ1v) is 5.69. The molecule has 2 aromatic rings. The molecule has 0 bridgehead atoms. The Morgan fingerprint density at radius 3 is 1.95 bits per heavy atom. The van der Waals surface area contributed by atoms with Crippen molar-refractivity contribution < 1.29 is 9.59 Å². The average molecular weight is 255 g/mol. The van der Waals surface area contributed by atoms with Crippen LogP contribution < -0.4 is 16.2 Å². The Balaban J connectivity index is 2.40. The smallest absolute Gasteiger partial charge is 0.275 e. The third kappa shape index (κ3) is 2.78. The molecule has 0 aliphatic heterocycles. The normalized spacial score (nSPS) is 9.74. The maximum atomic E-state index is 12.4. The van der Waals surface area contributed by atoms with Crippen molar-refractivity contribution in [3.05, 3.63) is 66.2 Å². The van der Waals surface area contributed by atoms with Gasteiger partial charge in [-0.1, -0.05) is 36.4 Å². The van der Waals surface area contributed by atoms with Crippen molar-refractivity contribution in [2.24, 2.45) is 5.84 Å². The number of para-hydroxylation sites is 1. The molecule has 0 unspecified atom stereocenters. The highest BCUT2D eigenvalue weighted by molar-refractivity contribution is 6.20. The summed E-state index contributed by atoms with van der Waals surface area (Å²) in [6.07, 6.45) is 0. The van der Waals surface area contributed by atoms with Crippen LogP contribution in [0.4, 0.5) is 10.5 Å². The van der Waals surface area contributed by atoms with Crippen molar-refractivity contribution >= 4 is 17.6 Å². The van der Waals surface area contributed by atoms with E-state index in [0.717, 1.165) is 4.90 Å². The molecule has 0 atom stereocenters. The summed E-state index contributed by atoms with van der Waals surface area (Å²) in [5.74, 6) is 4.70. The molecular formula is C14H13N3O2. The lowest BCUT2D eigenvalue weighted by Gasteiger charge is -2.20. The molecule has 3 amide bonds. The van der Waals surface area contributed by atoms with Gasteiger partial charge in [0.1, 0.15) is 0 Å². The second-order valence-electron chi connectivity index (χ2n) is 3.79.